The molecule has 1 aliphatic rings. The lowest BCUT2D eigenvalue weighted by atomic mass is 9.76. The van der Waals surface area contributed by atoms with E-state index in [2.05, 4.69) is 5.32 Å². The van der Waals surface area contributed by atoms with E-state index in [1.807, 2.05) is 13.8 Å². The third kappa shape index (κ3) is 4.51. The second kappa shape index (κ2) is 6.92. The van der Waals surface area contributed by atoms with Crippen LogP contribution >= 0.6 is 0 Å². The molecule has 1 saturated carbocycles. The molecule has 0 aromatic rings. The number of carboxylic acids is 1. The number of hydrogen-bond acceptors (Lipinski definition) is 2. The summed E-state index contributed by atoms with van der Waals surface area (Å²) in [5, 5.41) is 12.1. The average molecular weight is 269 g/mol. The normalized spacial score (nSPS) is 19.4. The molecule has 0 radical (unpaired) electrons. The highest BCUT2D eigenvalue weighted by Crippen LogP contribution is 2.31. The fourth-order valence-corrected chi connectivity index (χ4v) is 2.64. The van der Waals surface area contributed by atoms with Gasteiger partial charge >= 0.3 is 5.97 Å². The molecule has 19 heavy (non-hydrogen) atoms. The standard InChI is InChI=1S/C15H27NO3/c1-11(2)15(3,14(18)19)10-13(17)16-9-8-12-6-4-5-7-12/h11-12H,4-10H2,1-3H3,(H,16,17)(H,18,19). The monoisotopic (exact) mass is 269 g/mol. The van der Waals surface area contributed by atoms with Gasteiger partial charge in [-0.2, -0.15) is 0 Å². The van der Waals surface area contributed by atoms with E-state index in [0.717, 1.165) is 12.3 Å². The first-order valence-corrected chi connectivity index (χ1v) is 7.36. The fourth-order valence-electron chi connectivity index (χ4n) is 2.64. The predicted octanol–water partition coefficient (Wildman–Crippen LogP) is 2.82. The van der Waals surface area contributed by atoms with E-state index in [9.17, 15) is 14.7 Å². The SMILES string of the molecule is CC(C)C(C)(CC(=O)NCCC1CCCC1)C(=O)O. The molecule has 0 spiro atoms. The number of amides is 1. The Balaban J connectivity index is 2.34. The van der Waals surface area contributed by atoms with Gasteiger partial charge in [0.25, 0.3) is 0 Å². The van der Waals surface area contributed by atoms with E-state index >= 15 is 0 Å². The van der Waals surface area contributed by atoms with Gasteiger partial charge in [0.1, 0.15) is 0 Å². The molecular formula is C15H27NO3. The number of carboxylic acid groups (broad SMARTS) is 1. The van der Waals surface area contributed by atoms with Gasteiger partial charge in [-0.15, -0.1) is 0 Å². The first kappa shape index (κ1) is 16.0. The van der Waals surface area contributed by atoms with Crippen molar-refractivity contribution < 1.29 is 14.7 Å². The molecule has 0 aliphatic heterocycles. The van der Waals surface area contributed by atoms with Gasteiger partial charge in [0.15, 0.2) is 0 Å². The summed E-state index contributed by atoms with van der Waals surface area (Å²) in [5.41, 5.74) is -0.975. The van der Waals surface area contributed by atoms with Gasteiger partial charge in [0, 0.05) is 13.0 Å². The van der Waals surface area contributed by atoms with Crippen molar-refractivity contribution in [1.82, 2.24) is 5.32 Å². The third-order valence-electron chi connectivity index (χ3n) is 4.64. The van der Waals surface area contributed by atoms with E-state index in [-0.39, 0.29) is 18.2 Å². The molecule has 1 rings (SSSR count). The van der Waals surface area contributed by atoms with Crippen molar-refractivity contribution in [2.45, 2.75) is 59.3 Å². The van der Waals surface area contributed by atoms with Crippen molar-refractivity contribution in [3.05, 3.63) is 0 Å². The largest absolute Gasteiger partial charge is 0.481 e. The van der Waals surface area contributed by atoms with Crippen molar-refractivity contribution in [2.75, 3.05) is 6.54 Å². The molecule has 4 heteroatoms. The van der Waals surface area contributed by atoms with Gasteiger partial charge in [0.05, 0.1) is 5.41 Å². The molecular weight excluding hydrogens is 242 g/mol. The number of aliphatic carboxylic acids is 1. The third-order valence-corrected chi connectivity index (χ3v) is 4.64. The molecule has 1 unspecified atom stereocenters. The number of carbonyl (C=O) groups excluding carboxylic acids is 1. The molecule has 0 saturated heterocycles. The Morgan fingerprint density at radius 2 is 1.89 bits per heavy atom. The zero-order chi connectivity index (χ0) is 14.5. The fraction of sp³-hybridized carbons (Fsp3) is 0.867. The summed E-state index contributed by atoms with van der Waals surface area (Å²) in [7, 11) is 0. The Morgan fingerprint density at radius 1 is 1.32 bits per heavy atom. The quantitative estimate of drug-likeness (QED) is 0.747. The first-order valence-electron chi connectivity index (χ1n) is 7.36. The van der Waals surface area contributed by atoms with Crippen LogP contribution in [0.2, 0.25) is 0 Å². The molecule has 2 N–H and O–H groups in total. The second-order valence-corrected chi connectivity index (χ2v) is 6.34. The van der Waals surface area contributed by atoms with Crippen molar-refractivity contribution in [3.8, 4) is 0 Å². The summed E-state index contributed by atoms with van der Waals surface area (Å²) in [6.07, 6.45) is 6.25. The molecule has 0 aromatic carbocycles. The van der Waals surface area contributed by atoms with E-state index in [4.69, 9.17) is 0 Å². The summed E-state index contributed by atoms with van der Waals surface area (Å²) in [4.78, 5) is 23.2. The lowest BCUT2D eigenvalue weighted by Crippen LogP contribution is -2.39. The summed E-state index contributed by atoms with van der Waals surface area (Å²) in [6.45, 7) is 6.02. The van der Waals surface area contributed by atoms with E-state index in [1.54, 1.807) is 6.92 Å². The molecule has 1 atom stereocenters. The number of rotatable bonds is 7. The van der Waals surface area contributed by atoms with Gasteiger partial charge in [-0.25, -0.2) is 0 Å². The molecule has 1 fully saturated rings. The Bertz CT molecular complexity index is 321. The van der Waals surface area contributed by atoms with Gasteiger partial charge in [-0.05, 0) is 25.2 Å². The van der Waals surface area contributed by atoms with Crippen LogP contribution in [-0.4, -0.2) is 23.5 Å². The van der Waals surface area contributed by atoms with Crippen LogP contribution in [0.15, 0.2) is 0 Å². The van der Waals surface area contributed by atoms with Gasteiger partial charge in [-0.3, -0.25) is 9.59 Å². The van der Waals surface area contributed by atoms with Crippen LogP contribution in [-0.2, 0) is 9.59 Å². The Labute approximate surface area is 116 Å². The molecule has 0 heterocycles. The second-order valence-electron chi connectivity index (χ2n) is 6.34. The summed E-state index contributed by atoms with van der Waals surface area (Å²) in [5.74, 6) is -0.355. The van der Waals surface area contributed by atoms with Gasteiger partial charge < -0.3 is 10.4 Å². The number of nitrogens with one attached hydrogen (secondary N) is 1. The number of hydrogen-bond donors (Lipinski definition) is 2. The van der Waals surface area contributed by atoms with Crippen LogP contribution in [0, 0.1) is 17.3 Å². The van der Waals surface area contributed by atoms with Gasteiger partial charge in [0.2, 0.25) is 5.91 Å². The van der Waals surface area contributed by atoms with Gasteiger partial charge in [-0.1, -0.05) is 39.5 Å². The smallest absolute Gasteiger partial charge is 0.310 e. The molecule has 110 valence electrons. The number of carbonyl (C=O) groups is 2. The zero-order valence-electron chi connectivity index (χ0n) is 12.4. The van der Waals surface area contributed by atoms with E-state index in [1.165, 1.54) is 25.7 Å². The Kier molecular flexibility index (Phi) is 5.83. The maximum atomic E-state index is 11.9. The summed E-state index contributed by atoms with van der Waals surface area (Å²) < 4.78 is 0. The van der Waals surface area contributed by atoms with Crippen LogP contribution in [0.4, 0.5) is 0 Å². The minimum absolute atomic E-state index is 0.0602. The van der Waals surface area contributed by atoms with Crippen LogP contribution < -0.4 is 5.32 Å². The highest BCUT2D eigenvalue weighted by atomic mass is 16.4. The van der Waals surface area contributed by atoms with Crippen molar-refractivity contribution in [2.24, 2.45) is 17.3 Å². The average Bonchev–Trinajstić information content (AvgIpc) is 2.81. The minimum Gasteiger partial charge on any atom is -0.481 e. The highest BCUT2D eigenvalue weighted by Gasteiger charge is 2.38. The van der Waals surface area contributed by atoms with Crippen LogP contribution in [0.25, 0.3) is 0 Å². The van der Waals surface area contributed by atoms with E-state index in [0.29, 0.717) is 6.54 Å². The molecule has 0 bridgehead atoms. The molecule has 1 amide bonds. The van der Waals surface area contributed by atoms with Crippen LogP contribution in [0.1, 0.15) is 59.3 Å². The first-order chi connectivity index (χ1) is 8.86. The lowest BCUT2D eigenvalue weighted by Gasteiger charge is -2.28. The molecule has 0 aromatic heterocycles. The Morgan fingerprint density at radius 3 is 2.37 bits per heavy atom. The van der Waals surface area contributed by atoms with E-state index < -0.39 is 11.4 Å². The minimum atomic E-state index is -0.975. The maximum absolute atomic E-state index is 11.9. The van der Waals surface area contributed by atoms with Crippen LogP contribution in [0.3, 0.4) is 0 Å². The topological polar surface area (TPSA) is 66.4 Å². The molecule has 1 aliphatic carbocycles. The molecule has 4 nitrogen and oxygen atoms in total. The Hall–Kier alpha value is -1.06. The van der Waals surface area contributed by atoms with Crippen LogP contribution in [0.5, 0.6) is 0 Å². The van der Waals surface area contributed by atoms with Crippen molar-refractivity contribution in [1.29, 1.82) is 0 Å². The summed E-state index contributed by atoms with van der Waals surface area (Å²) >= 11 is 0. The predicted molar refractivity (Wildman–Crippen MR) is 74.8 cm³/mol. The van der Waals surface area contributed by atoms with Crippen molar-refractivity contribution in [3.63, 3.8) is 0 Å². The van der Waals surface area contributed by atoms with Crippen molar-refractivity contribution >= 4 is 11.9 Å². The highest BCUT2D eigenvalue weighted by molar-refractivity contribution is 5.84. The maximum Gasteiger partial charge on any atom is 0.310 e. The lowest BCUT2D eigenvalue weighted by molar-refractivity contribution is -0.153. The zero-order valence-corrected chi connectivity index (χ0v) is 12.4. The summed E-state index contributed by atoms with van der Waals surface area (Å²) in [6, 6.07) is 0.